The van der Waals surface area contributed by atoms with E-state index in [0.29, 0.717) is 28.7 Å². The average Bonchev–Trinajstić information content (AvgIpc) is 2.92. The number of carbonyl (C=O) groups is 1. The third kappa shape index (κ3) is 1.64. The van der Waals surface area contributed by atoms with E-state index in [2.05, 4.69) is 27.4 Å². The zero-order chi connectivity index (χ0) is 14.0. The van der Waals surface area contributed by atoms with Crippen molar-refractivity contribution in [3.05, 3.63) is 12.2 Å². The molecule has 3 aliphatic rings. The maximum Gasteiger partial charge on any atom is 0.333 e. The highest BCUT2D eigenvalue weighted by Gasteiger charge is 2.76. The van der Waals surface area contributed by atoms with Crippen LogP contribution in [-0.2, 0) is 9.53 Å². The lowest BCUT2D eigenvalue weighted by atomic mass is 9.70. The van der Waals surface area contributed by atoms with Crippen molar-refractivity contribution in [1.82, 2.24) is 0 Å². The van der Waals surface area contributed by atoms with Crippen LogP contribution in [0, 0.1) is 29.1 Å². The monoisotopic (exact) mass is 262 g/mol. The van der Waals surface area contributed by atoms with E-state index in [1.807, 2.05) is 0 Å². The Balaban J connectivity index is 1.94. The van der Waals surface area contributed by atoms with Gasteiger partial charge in [-0.2, -0.15) is 0 Å². The summed E-state index contributed by atoms with van der Waals surface area (Å²) in [6.45, 7) is 12.3. The Hall–Kier alpha value is -0.790. The molecule has 2 heteroatoms. The maximum atomic E-state index is 12.1. The largest absolute Gasteiger partial charge is 0.455 e. The summed E-state index contributed by atoms with van der Waals surface area (Å²) < 4.78 is 6.09. The van der Waals surface area contributed by atoms with Gasteiger partial charge in [-0.05, 0) is 49.9 Å². The highest BCUT2D eigenvalue weighted by molar-refractivity contribution is 5.87. The summed E-state index contributed by atoms with van der Waals surface area (Å²) in [4.78, 5) is 12.1. The van der Waals surface area contributed by atoms with Crippen molar-refractivity contribution in [2.75, 3.05) is 0 Å². The molecule has 3 saturated carbocycles. The predicted molar refractivity (Wildman–Crippen MR) is 75.5 cm³/mol. The van der Waals surface area contributed by atoms with Crippen LogP contribution in [0.25, 0.3) is 0 Å². The van der Waals surface area contributed by atoms with Gasteiger partial charge in [0.25, 0.3) is 0 Å². The quantitative estimate of drug-likeness (QED) is 0.568. The van der Waals surface area contributed by atoms with Crippen molar-refractivity contribution in [3.8, 4) is 0 Å². The van der Waals surface area contributed by atoms with Crippen LogP contribution in [0.5, 0.6) is 0 Å². The Morgan fingerprint density at radius 2 is 2.00 bits per heavy atom. The summed E-state index contributed by atoms with van der Waals surface area (Å²) in [6, 6.07) is 0. The van der Waals surface area contributed by atoms with E-state index in [1.54, 1.807) is 6.92 Å². The van der Waals surface area contributed by atoms with E-state index < -0.39 is 0 Å². The zero-order valence-electron chi connectivity index (χ0n) is 12.7. The second-order valence-electron chi connectivity index (χ2n) is 7.74. The zero-order valence-corrected chi connectivity index (χ0v) is 12.7. The molecule has 0 amide bonds. The van der Waals surface area contributed by atoms with E-state index in [-0.39, 0.29) is 11.6 Å². The molecule has 2 bridgehead atoms. The van der Waals surface area contributed by atoms with E-state index in [0.717, 1.165) is 5.92 Å². The lowest BCUT2D eigenvalue weighted by Crippen LogP contribution is -2.47. The second-order valence-corrected chi connectivity index (χ2v) is 7.74. The van der Waals surface area contributed by atoms with Gasteiger partial charge < -0.3 is 4.74 Å². The average molecular weight is 262 g/mol. The van der Waals surface area contributed by atoms with Crippen LogP contribution < -0.4 is 0 Å². The van der Waals surface area contributed by atoms with Crippen LogP contribution in [0.4, 0.5) is 0 Å². The molecule has 0 aromatic rings. The van der Waals surface area contributed by atoms with Gasteiger partial charge in [-0.3, -0.25) is 0 Å². The first-order chi connectivity index (χ1) is 8.82. The van der Waals surface area contributed by atoms with Crippen molar-refractivity contribution in [1.29, 1.82) is 0 Å². The molecule has 0 heterocycles. The van der Waals surface area contributed by atoms with Crippen molar-refractivity contribution >= 4 is 5.97 Å². The standard InChI is InChI=1S/C17H26O2/c1-10(2)15(18)19-17(11(3)4)13-6-12(5)7-16(8-13)9-14(16)17/h11-14H,1,6-9H2,2-5H3. The van der Waals surface area contributed by atoms with Gasteiger partial charge in [0, 0.05) is 17.4 Å². The van der Waals surface area contributed by atoms with Gasteiger partial charge in [0.05, 0.1) is 0 Å². The predicted octanol–water partition coefficient (Wildman–Crippen LogP) is 3.96. The van der Waals surface area contributed by atoms with Gasteiger partial charge >= 0.3 is 5.97 Å². The summed E-state index contributed by atoms with van der Waals surface area (Å²) in [5.41, 5.74) is 0.840. The molecule has 5 atom stereocenters. The number of rotatable bonds is 3. The summed E-state index contributed by atoms with van der Waals surface area (Å²) in [5, 5.41) is 0. The Kier molecular flexibility index (Phi) is 2.69. The number of hydrogen-bond donors (Lipinski definition) is 0. The summed E-state index contributed by atoms with van der Waals surface area (Å²) in [7, 11) is 0. The molecule has 0 radical (unpaired) electrons. The fourth-order valence-electron chi connectivity index (χ4n) is 5.38. The first-order valence-electron chi connectivity index (χ1n) is 7.70. The highest BCUT2D eigenvalue weighted by atomic mass is 16.6. The van der Waals surface area contributed by atoms with E-state index in [1.165, 1.54) is 25.7 Å². The normalized spacial score (nSPS) is 46.9. The van der Waals surface area contributed by atoms with Gasteiger partial charge in [0.1, 0.15) is 5.60 Å². The van der Waals surface area contributed by atoms with Crippen molar-refractivity contribution < 1.29 is 9.53 Å². The second kappa shape index (κ2) is 3.86. The molecule has 2 nitrogen and oxygen atoms in total. The minimum Gasteiger partial charge on any atom is -0.455 e. The Bertz CT molecular complexity index is 439. The van der Waals surface area contributed by atoms with Crippen molar-refractivity contribution in [2.24, 2.45) is 29.1 Å². The first-order valence-corrected chi connectivity index (χ1v) is 7.70. The molecule has 3 rings (SSSR count). The van der Waals surface area contributed by atoms with Gasteiger partial charge in [0.15, 0.2) is 0 Å². The molecule has 19 heavy (non-hydrogen) atoms. The van der Waals surface area contributed by atoms with E-state index >= 15 is 0 Å². The molecular weight excluding hydrogens is 236 g/mol. The number of hydrogen-bond acceptors (Lipinski definition) is 2. The van der Waals surface area contributed by atoms with Gasteiger partial charge in [-0.25, -0.2) is 4.79 Å². The summed E-state index contributed by atoms with van der Waals surface area (Å²) in [5.74, 6) is 2.18. The lowest BCUT2D eigenvalue weighted by molar-refractivity contribution is -0.170. The SMILES string of the molecule is C=C(C)C(=O)OC1(C(C)C)C2CC(C)CC3(C2)CC31. The van der Waals surface area contributed by atoms with Crippen molar-refractivity contribution in [3.63, 3.8) is 0 Å². The molecule has 1 spiro atoms. The third-order valence-corrected chi connectivity index (χ3v) is 5.99. The molecule has 3 fully saturated rings. The number of fused-ring (bicyclic) bond motifs is 1. The number of esters is 1. The topological polar surface area (TPSA) is 26.3 Å². The van der Waals surface area contributed by atoms with Gasteiger partial charge in [0.2, 0.25) is 0 Å². The molecule has 0 aromatic carbocycles. The smallest absolute Gasteiger partial charge is 0.333 e. The van der Waals surface area contributed by atoms with Crippen LogP contribution in [0.1, 0.15) is 53.4 Å². The molecule has 0 N–H and O–H groups in total. The van der Waals surface area contributed by atoms with Crippen LogP contribution in [0.3, 0.4) is 0 Å². The fourth-order valence-corrected chi connectivity index (χ4v) is 5.38. The molecule has 0 aliphatic heterocycles. The van der Waals surface area contributed by atoms with Gasteiger partial charge in [-0.15, -0.1) is 0 Å². The van der Waals surface area contributed by atoms with Crippen LogP contribution in [0.2, 0.25) is 0 Å². The van der Waals surface area contributed by atoms with Crippen LogP contribution in [-0.4, -0.2) is 11.6 Å². The molecule has 3 aliphatic carbocycles. The maximum absolute atomic E-state index is 12.1. The van der Waals surface area contributed by atoms with Crippen LogP contribution in [0.15, 0.2) is 12.2 Å². The molecule has 5 unspecified atom stereocenters. The van der Waals surface area contributed by atoms with E-state index in [9.17, 15) is 4.79 Å². The third-order valence-electron chi connectivity index (χ3n) is 5.99. The summed E-state index contributed by atoms with van der Waals surface area (Å²) >= 11 is 0. The lowest BCUT2D eigenvalue weighted by Gasteiger charge is -2.42. The summed E-state index contributed by atoms with van der Waals surface area (Å²) in [6.07, 6.45) is 5.12. The Morgan fingerprint density at radius 1 is 1.32 bits per heavy atom. The Morgan fingerprint density at radius 3 is 2.58 bits per heavy atom. The minimum atomic E-state index is -0.208. The number of ether oxygens (including phenoxy) is 1. The molecule has 0 aromatic heterocycles. The van der Waals surface area contributed by atoms with Gasteiger partial charge in [-0.1, -0.05) is 27.4 Å². The fraction of sp³-hybridized carbons (Fsp3) is 0.824. The van der Waals surface area contributed by atoms with Crippen LogP contribution >= 0.6 is 0 Å². The molecule has 0 saturated heterocycles. The van der Waals surface area contributed by atoms with Crippen molar-refractivity contribution in [2.45, 2.75) is 59.0 Å². The Labute approximate surface area is 116 Å². The molecule has 106 valence electrons. The van der Waals surface area contributed by atoms with E-state index in [4.69, 9.17) is 4.74 Å². The first kappa shape index (κ1) is 13.2. The molecular formula is C17H26O2. The number of carbonyl (C=O) groups excluding carboxylic acids is 1. The minimum absolute atomic E-state index is 0.184. The highest BCUT2D eigenvalue weighted by Crippen LogP contribution is 2.77.